The van der Waals surface area contributed by atoms with Crippen molar-refractivity contribution in [2.75, 3.05) is 6.54 Å². The molecule has 21 heavy (non-hydrogen) atoms. The Morgan fingerprint density at radius 2 is 1.95 bits per heavy atom. The zero-order valence-corrected chi connectivity index (χ0v) is 13.7. The summed E-state index contributed by atoms with van der Waals surface area (Å²) in [7, 11) is 0. The van der Waals surface area contributed by atoms with Crippen molar-refractivity contribution < 1.29 is 4.79 Å². The van der Waals surface area contributed by atoms with Gasteiger partial charge in [-0.1, -0.05) is 36.4 Å². The molecule has 1 aromatic heterocycles. The fourth-order valence-electron chi connectivity index (χ4n) is 2.05. The Bertz CT molecular complexity index is 528. The van der Waals surface area contributed by atoms with Gasteiger partial charge >= 0.3 is 0 Å². The van der Waals surface area contributed by atoms with Crippen LogP contribution >= 0.6 is 23.7 Å². The number of carbonyl (C=O) groups excluding carboxylic acids is 1. The van der Waals surface area contributed by atoms with Gasteiger partial charge in [-0.3, -0.25) is 4.79 Å². The summed E-state index contributed by atoms with van der Waals surface area (Å²) in [5.41, 5.74) is 6.98. The monoisotopic (exact) mass is 324 g/mol. The number of rotatable bonds is 6. The third kappa shape index (κ3) is 5.50. The molecule has 0 saturated carbocycles. The molecular formula is C16H21ClN2OS. The number of carbonyl (C=O) groups is 1. The zero-order chi connectivity index (χ0) is 14.4. The third-order valence-corrected chi connectivity index (χ3v) is 4.00. The first kappa shape index (κ1) is 17.7. The molecule has 3 nitrogen and oxygen atoms in total. The van der Waals surface area contributed by atoms with Gasteiger partial charge < -0.3 is 10.6 Å². The van der Waals surface area contributed by atoms with E-state index in [0.29, 0.717) is 13.1 Å². The first-order valence-electron chi connectivity index (χ1n) is 6.77. The Morgan fingerprint density at radius 3 is 2.52 bits per heavy atom. The maximum atomic E-state index is 12.2. The summed E-state index contributed by atoms with van der Waals surface area (Å²) < 4.78 is 0. The minimum atomic E-state index is -0.453. The second-order valence-electron chi connectivity index (χ2n) is 4.86. The van der Waals surface area contributed by atoms with Crippen molar-refractivity contribution in [1.29, 1.82) is 0 Å². The average Bonchev–Trinajstić information content (AvgIpc) is 2.96. The van der Waals surface area contributed by atoms with E-state index in [1.54, 1.807) is 18.3 Å². The molecule has 1 amide bonds. The van der Waals surface area contributed by atoms with E-state index in [-0.39, 0.29) is 18.3 Å². The molecule has 0 saturated heterocycles. The SMILES string of the molecule is C[C@H](N)C(=O)N(CCc1ccccc1)Cc1cccs1.Cl. The van der Waals surface area contributed by atoms with Crippen LogP contribution in [0.15, 0.2) is 47.8 Å². The van der Waals surface area contributed by atoms with Crippen LogP contribution in [0.4, 0.5) is 0 Å². The summed E-state index contributed by atoms with van der Waals surface area (Å²) >= 11 is 1.67. The summed E-state index contributed by atoms with van der Waals surface area (Å²) in [6.45, 7) is 3.08. The predicted octanol–water partition coefficient (Wildman–Crippen LogP) is 3.09. The number of thiophene rings is 1. The van der Waals surface area contributed by atoms with Crippen LogP contribution in [0, 0.1) is 0 Å². The first-order chi connectivity index (χ1) is 9.66. The second-order valence-corrected chi connectivity index (χ2v) is 5.90. The number of nitrogens with two attached hydrogens (primary N) is 1. The van der Waals surface area contributed by atoms with Gasteiger partial charge in [0.25, 0.3) is 0 Å². The maximum absolute atomic E-state index is 12.2. The fraction of sp³-hybridized carbons (Fsp3) is 0.312. The lowest BCUT2D eigenvalue weighted by molar-refractivity contribution is -0.132. The molecule has 0 aliphatic heterocycles. The van der Waals surface area contributed by atoms with Crippen LogP contribution in [0.2, 0.25) is 0 Å². The average molecular weight is 325 g/mol. The smallest absolute Gasteiger partial charge is 0.239 e. The third-order valence-electron chi connectivity index (χ3n) is 3.14. The summed E-state index contributed by atoms with van der Waals surface area (Å²) in [5.74, 6) is 0.00864. The molecule has 0 bridgehead atoms. The van der Waals surface area contributed by atoms with Crippen molar-refractivity contribution in [3.8, 4) is 0 Å². The summed E-state index contributed by atoms with van der Waals surface area (Å²) in [4.78, 5) is 15.2. The Hall–Kier alpha value is -1.36. The van der Waals surface area contributed by atoms with Crippen molar-refractivity contribution >= 4 is 29.7 Å². The van der Waals surface area contributed by atoms with Crippen molar-refractivity contribution in [3.63, 3.8) is 0 Å². The van der Waals surface area contributed by atoms with Gasteiger partial charge in [-0.25, -0.2) is 0 Å². The van der Waals surface area contributed by atoms with Gasteiger partial charge in [-0.2, -0.15) is 0 Å². The lowest BCUT2D eigenvalue weighted by atomic mass is 10.1. The molecule has 1 atom stereocenters. The quantitative estimate of drug-likeness (QED) is 0.887. The highest BCUT2D eigenvalue weighted by Gasteiger charge is 2.17. The number of benzene rings is 1. The first-order valence-corrected chi connectivity index (χ1v) is 7.65. The van der Waals surface area contributed by atoms with Crippen LogP contribution in [0.25, 0.3) is 0 Å². The molecule has 0 aliphatic carbocycles. The number of nitrogens with zero attached hydrogens (tertiary/aromatic N) is 1. The molecule has 1 aromatic carbocycles. The Kier molecular flexibility index (Phi) is 7.43. The number of hydrogen-bond donors (Lipinski definition) is 1. The molecule has 0 aliphatic rings. The number of halogens is 1. The highest BCUT2D eigenvalue weighted by atomic mass is 35.5. The van der Waals surface area contributed by atoms with Gasteiger partial charge in [0, 0.05) is 11.4 Å². The molecule has 2 aromatic rings. The van der Waals surface area contributed by atoms with Crippen LogP contribution in [-0.4, -0.2) is 23.4 Å². The summed E-state index contributed by atoms with van der Waals surface area (Å²) in [6.07, 6.45) is 0.852. The molecule has 0 unspecified atom stereocenters. The molecule has 114 valence electrons. The molecule has 2 N–H and O–H groups in total. The lowest BCUT2D eigenvalue weighted by Crippen LogP contribution is -2.42. The topological polar surface area (TPSA) is 46.3 Å². The summed E-state index contributed by atoms with van der Waals surface area (Å²) in [5, 5.41) is 2.03. The van der Waals surface area contributed by atoms with E-state index < -0.39 is 6.04 Å². The van der Waals surface area contributed by atoms with Crippen LogP contribution < -0.4 is 5.73 Å². The van der Waals surface area contributed by atoms with Gasteiger partial charge in [0.15, 0.2) is 0 Å². The molecular weight excluding hydrogens is 304 g/mol. The lowest BCUT2D eigenvalue weighted by Gasteiger charge is -2.24. The van der Waals surface area contributed by atoms with Crippen molar-refractivity contribution in [2.45, 2.75) is 25.9 Å². The largest absolute Gasteiger partial charge is 0.336 e. The maximum Gasteiger partial charge on any atom is 0.239 e. The van der Waals surface area contributed by atoms with Gasteiger partial charge in [0.1, 0.15) is 0 Å². The number of amides is 1. The van der Waals surface area contributed by atoms with Crippen LogP contribution in [0.1, 0.15) is 17.4 Å². The summed E-state index contributed by atoms with van der Waals surface area (Å²) in [6, 6.07) is 13.8. The van der Waals surface area contributed by atoms with Crippen LogP contribution in [0.3, 0.4) is 0 Å². The van der Waals surface area contributed by atoms with E-state index in [2.05, 4.69) is 18.2 Å². The Balaban J connectivity index is 0.00000220. The van der Waals surface area contributed by atoms with Crippen LogP contribution in [-0.2, 0) is 17.8 Å². The molecule has 0 spiro atoms. The molecule has 0 radical (unpaired) electrons. The molecule has 1 heterocycles. The fourth-order valence-corrected chi connectivity index (χ4v) is 2.77. The van der Waals surface area contributed by atoms with E-state index in [0.717, 1.165) is 6.42 Å². The normalized spacial score (nSPS) is 11.5. The predicted molar refractivity (Wildman–Crippen MR) is 90.8 cm³/mol. The second kappa shape index (κ2) is 8.82. The van der Waals surface area contributed by atoms with E-state index in [1.807, 2.05) is 34.5 Å². The van der Waals surface area contributed by atoms with Crippen molar-refractivity contribution in [3.05, 3.63) is 58.3 Å². The Labute approximate surface area is 136 Å². The van der Waals surface area contributed by atoms with E-state index in [4.69, 9.17) is 5.73 Å². The standard InChI is InChI=1S/C16H20N2OS.ClH/c1-13(17)16(19)18(12-15-8-5-11-20-15)10-9-14-6-3-2-4-7-14;/h2-8,11,13H,9-10,12,17H2,1H3;1H/t13-;/m0./s1. The van der Waals surface area contributed by atoms with Gasteiger partial charge in [0.2, 0.25) is 5.91 Å². The van der Waals surface area contributed by atoms with Crippen molar-refractivity contribution in [2.24, 2.45) is 5.73 Å². The van der Waals surface area contributed by atoms with E-state index >= 15 is 0 Å². The van der Waals surface area contributed by atoms with Crippen LogP contribution in [0.5, 0.6) is 0 Å². The highest BCUT2D eigenvalue weighted by Crippen LogP contribution is 2.13. The van der Waals surface area contributed by atoms with Gasteiger partial charge in [0.05, 0.1) is 12.6 Å². The van der Waals surface area contributed by atoms with E-state index in [1.165, 1.54) is 10.4 Å². The highest BCUT2D eigenvalue weighted by molar-refractivity contribution is 7.09. The van der Waals surface area contributed by atoms with E-state index in [9.17, 15) is 4.79 Å². The Morgan fingerprint density at radius 1 is 1.24 bits per heavy atom. The minimum Gasteiger partial charge on any atom is -0.336 e. The minimum absolute atomic E-state index is 0. The van der Waals surface area contributed by atoms with Gasteiger partial charge in [-0.05, 0) is 30.4 Å². The van der Waals surface area contributed by atoms with Gasteiger partial charge in [-0.15, -0.1) is 23.7 Å². The van der Waals surface area contributed by atoms with Crippen molar-refractivity contribution in [1.82, 2.24) is 4.90 Å². The molecule has 2 rings (SSSR count). The zero-order valence-electron chi connectivity index (χ0n) is 12.1. The number of hydrogen-bond acceptors (Lipinski definition) is 3. The molecule has 5 heteroatoms. The molecule has 0 fully saturated rings.